The Balaban J connectivity index is 1.63. The molecular weight excluding hydrogens is 358 g/mol. The molecule has 0 spiro atoms. The Morgan fingerprint density at radius 1 is 1.14 bits per heavy atom. The monoisotopic (exact) mass is 377 g/mol. The van der Waals surface area contributed by atoms with Gasteiger partial charge < -0.3 is 19.9 Å². The summed E-state index contributed by atoms with van der Waals surface area (Å²) < 4.78 is 10.5. The third kappa shape index (κ3) is 3.22. The van der Waals surface area contributed by atoms with E-state index in [0.29, 0.717) is 17.9 Å². The number of methoxy groups -OCH3 is 1. The summed E-state index contributed by atoms with van der Waals surface area (Å²) in [6.07, 6.45) is 0.383. The highest BCUT2D eigenvalue weighted by Gasteiger charge is 2.35. The Labute approximate surface area is 161 Å². The minimum atomic E-state index is -0.729. The highest BCUT2D eigenvalue weighted by atomic mass is 16.5. The number of carbonyl (C=O) groups is 2. The number of ether oxygens (including phenoxy) is 1. The zero-order valence-corrected chi connectivity index (χ0v) is 15.3. The number of carbonyl (C=O) groups excluding carboxylic acids is 2. The molecule has 2 amide bonds. The molecule has 3 aromatic rings. The topological polar surface area (TPSA) is 98.7 Å². The molecular formula is C21H19N3O4. The van der Waals surface area contributed by atoms with E-state index in [2.05, 4.69) is 5.16 Å². The van der Waals surface area contributed by atoms with Crippen molar-refractivity contribution in [1.82, 2.24) is 10.1 Å². The number of rotatable bonds is 4. The minimum absolute atomic E-state index is 0.0588. The molecule has 7 heteroatoms. The lowest BCUT2D eigenvalue weighted by molar-refractivity contribution is -0.122. The predicted octanol–water partition coefficient (Wildman–Crippen LogP) is 2.40. The van der Waals surface area contributed by atoms with Gasteiger partial charge in [-0.15, -0.1) is 0 Å². The van der Waals surface area contributed by atoms with E-state index in [4.69, 9.17) is 15.0 Å². The summed E-state index contributed by atoms with van der Waals surface area (Å²) in [7, 11) is 1.58. The molecule has 2 aromatic carbocycles. The molecule has 2 N–H and O–H groups in total. The lowest BCUT2D eigenvalue weighted by atomic mass is 9.93. The second-order valence-corrected chi connectivity index (χ2v) is 6.63. The molecule has 4 rings (SSSR count). The highest BCUT2D eigenvalue weighted by Crippen LogP contribution is 2.27. The summed E-state index contributed by atoms with van der Waals surface area (Å²) in [5.74, 6) is -0.228. The maximum atomic E-state index is 13.1. The number of benzene rings is 2. The number of aromatic nitrogens is 1. The number of hydrogen-bond acceptors (Lipinski definition) is 5. The lowest BCUT2D eigenvalue weighted by Crippen LogP contribution is -2.51. The third-order valence-electron chi connectivity index (χ3n) is 4.92. The fourth-order valence-electron chi connectivity index (χ4n) is 3.43. The van der Waals surface area contributed by atoms with E-state index < -0.39 is 17.9 Å². The van der Waals surface area contributed by atoms with Gasteiger partial charge in [-0.25, -0.2) is 0 Å². The van der Waals surface area contributed by atoms with Crippen LogP contribution in [0.5, 0.6) is 5.75 Å². The van der Waals surface area contributed by atoms with Crippen molar-refractivity contribution in [3.05, 3.63) is 71.5 Å². The summed E-state index contributed by atoms with van der Waals surface area (Å²) in [4.78, 5) is 26.5. The Bertz CT molecular complexity index is 1040. The molecule has 28 heavy (non-hydrogen) atoms. The number of amides is 2. The van der Waals surface area contributed by atoms with Crippen molar-refractivity contribution in [3.63, 3.8) is 0 Å². The van der Waals surface area contributed by atoms with Gasteiger partial charge in [0.25, 0.3) is 5.91 Å². The van der Waals surface area contributed by atoms with Gasteiger partial charge >= 0.3 is 0 Å². The van der Waals surface area contributed by atoms with E-state index in [1.165, 1.54) is 4.90 Å². The zero-order valence-electron chi connectivity index (χ0n) is 15.3. The first-order valence-electron chi connectivity index (χ1n) is 8.85. The average Bonchev–Trinajstić information content (AvgIpc) is 3.22. The molecule has 0 saturated heterocycles. The Hall–Kier alpha value is -3.61. The number of primary amides is 1. The second-order valence-electron chi connectivity index (χ2n) is 6.63. The molecule has 0 unspecified atom stereocenters. The van der Waals surface area contributed by atoms with Crippen LogP contribution in [0.2, 0.25) is 0 Å². The molecule has 1 aliphatic rings. The SMILES string of the molecule is COc1cccc(-c2cc(C(=O)N3Cc4ccccc4C[C@@H]3C(N)=O)on2)c1. The standard InChI is InChI=1S/C21H19N3O4/c1-27-16-8-4-7-14(9-16)17-11-19(28-23-17)21(26)24-12-15-6-3-2-5-13(15)10-18(24)20(22)25/h2-9,11,18H,10,12H2,1H3,(H2,22,25)/t18-/m1/s1. The van der Waals surface area contributed by atoms with E-state index in [1.54, 1.807) is 19.2 Å². The summed E-state index contributed by atoms with van der Waals surface area (Å²) in [5.41, 5.74) is 8.84. The van der Waals surface area contributed by atoms with Gasteiger partial charge in [-0.2, -0.15) is 0 Å². The van der Waals surface area contributed by atoms with Crippen LogP contribution >= 0.6 is 0 Å². The number of nitrogens with zero attached hydrogens (tertiary/aromatic N) is 2. The van der Waals surface area contributed by atoms with Crippen molar-refractivity contribution >= 4 is 11.8 Å². The molecule has 142 valence electrons. The first-order valence-corrected chi connectivity index (χ1v) is 8.85. The van der Waals surface area contributed by atoms with Crippen molar-refractivity contribution in [1.29, 1.82) is 0 Å². The molecule has 1 aliphatic heterocycles. The highest BCUT2D eigenvalue weighted by molar-refractivity contribution is 5.96. The van der Waals surface area contributed by atoms with Gasteiger partial charge in [0.05, 0.1) is 7.11 Å². The Kier molecular flexibility index (Phi) is 4.57. The van der Waals surface area contributed by atoms with Crippen molar-refractivity contribution in [2.75, 3.05) is 7.11 Å². The van der Waals surface area contributed by atoms with E-state index in [0.717, 1.165) is 16.7 Å². The van der Waals surface area contributed by atoms with Crippen LogP contribution in [0.15, 0.2) is 59.1 Å². The molecule has 0 radical (unpaired) electrons. The molecule has 7 nitrogen and oxygen atoms in total. The quantitative estimate of drug-likeness (QED) is 0.753. The van der Waals surface area contributed by atoms with Gasteiger partial charge in [-0.05, 0) is 23.3 Å². The van der Waals surface area contributed by atoms with Crippen molar-refractivity contribution in [2.24, 2.45) is 5.73 Å². The number of hydrogen-bond donors (Lipinski definition) is 1. The fraction of sp³-hybridized carbons (Fsp3) is 0.190. The molecule has 1 aromatic heterocycles. The first-order chi connectivity index (χ1) is 13.6. The summed E-state index contributed by atoms with van der Waals surface area (Å²) in [5, 5.41) is 4.00. The van der Waals surface area contributed by atoms with Gasteiger partial charge in [0.1, 0.15) is 17.5 Å². The van der Waals surface area contributed by atoms with E-state index in [-0.39, 0.29) is 12.3 Å². The lowest BCUT2D eigenvalue weighted by Gasteiger charge is -2.34. The molecule has 0 bridgehead atoms. The van der Waals surface area contributed by atoms with Gasteiger partial charge in [0.15, 0.2) is 0 Å². The van der Waals surface area contributed by atoms with E-state index in [9.17, 15) is 9.59 Å². The number of nitrogens with two attached hydrogens (primary N) is 1. The Morgan fingerprint density at radius 3 is 2.68 bits per heavy atom. The van der Waals surface area contributed by atoms with E-state index in [1.807, 2.05) is 42.5 Å². The van der Waals surface area contributed by atoms with Crippen LogP contribution in [0.3, 0.4) is 0 Å². The zero-order chi connectivity index (χ0) is 19.7. The molecule has 1 atom stereocenters. The van der Waals surface area contributed by atoms with Gasteiger partial charge in [0, 0.05) is 24.6 Å². The van der Waals surface area contributed by atoms with Crippen LogP contribution in [-0.2, 0) is 17.8 Å². The minimum Gasteiger partial charge on any atom is -0.497 e. The predicted molar refractivity (Wildman–Crippen MR) is 101 cm³/mol. The molecule has 0 aliphatic carbocycles. The summed E-state index contributed by atoms with van der Waals surface area (Å²) in [6.45, 7) is 0.289. The van der Waals surface area contributed by atoms with Crippen LogP contribution < -0.4 is 10.5 Å². The molecule has 0 fully saturated rings. The number of fused-ring (bicyclic) bond motifs is 1. The van der Waals surface area contributed by atoms with Crippen LogP contribution in [-0.4, -0.2) is 35.0 Å². The summed E-state index contributed by atoms with van der Waals surface area (Å²) >= 11 is 0. The van der Waals surface area contributed by atoms with Crippen LogP contribution in [0.4, 0.5) is 0 Å². The Morgan fingerprint density at radius 2 is 1.93 bits per heavy atom. The third-order valence-corrected chi connectivity index (χ3v) is 4.92. The molecule has 2 heterocycles. The van der Waals surface area contributed by atoms with E-state index >= 15 is 0 Å². The fourth-order valence-corrected chi connectivity index (χ4v) is 3.43. The second kappa shape index (κ2) is 7.19. The summed E-state index contributed by atoms with van der Waals surface area (Å²) in [6, 6.07) is 15.8. The van der Waals surface area contributed by atoms with Gasteiger partial charge in [-0.1, -0.05) is 41.6 Å². The van der Waals surface area contributed by atoms with Crippen LogP contribution in [0.1, 0.15) is 21.7 Å². The maximum absolute atomic E-state index is 13.1. The van der Waals surface area contributed by atoms with Crippen molar-refractivity contribution in [3.8, 4) is 17.0 Å². The molecule has 0 saturated carbocycles. The maximum Gasteiger partial charge on any atom is 0.293 e. The van der Waals surface area contributed by atoms with Gasteiger partial charge in [0.2, 0.25) is 11.7 Å². The van der Waals surface area contributed by atoms with Crippen LogP contribution in [0.25, 0.3) is 11.3 Å². The van der Waals surface area contributed by atoms with Crippen molar-refractivity contribution < 1.29 is 18.8 Å². The van der Waals surface area contributed by atoms with Crippen LogP contribution in [0, 0.1) is 0 Å². The largest absolute Gasteiger partial charge is 0.497 e. The smallest absolute Gasteiger partial charge is 0.293 e. The van der Waals surface area contributed by atoms with Gasteiger partial charge in [-0.3, -0.25) is 9.59 Å². The first kappa shape index (κ1) is 17.8. The average molecular weight is 377 g/mol. The van der Waals surface area contributed by atoms with Crippen molar-refractivity contribution in [2.45, 2.75) is 19.0 Å². The normalized spacial score (nSPS) is 15.8.